The number of benzene rings is 1. The number of halogens is 1. The number of aromatic nitrogens is 2. The Bertz CT molecular complexity index is 436. The summed E-state index contributed by atoms with van der Waals surface area (Å²) in [6.45, 7) is 0. The monoisotopic (exact) mass is 191 g/mol. The first-order valence-corrected chi connectivity index (χ1v) is 4.28. The van der Waals surface area contributed by atoms with Crippen LogP contribution in [0.2, 0.25) is 0 Å². The molecule has 0 bridgehead atoms. The zero-order chi connectivity index (χ0) is 9.97. The molecule has 3 nitrogen and oxygen atoms in total. The molecule has 0 radical (unpaired) electrons. The van der Waals surface area contributed by atoms with E-state index in [-0.39, 0.29) is 5.82 Å². The molecule has 0 spiro atoms. The zero-order valence-electron chi connectivity index (χ0n) is 7.74. The van der Waals surface area contributed by atoms with Crippen LogP contribution in [-0.4, -0.2) is 16.8 Å². The third-order valence-corrected chi connectivity index (χ3v) is 1.97. The van der Waals surface area contributed by atoms with Crippen LogP contribution < -0.4 is 5.32 Å². The van der Waals surface area contributed by atoms with E-state index in [0.29, 0.717) is 5.69 Å². The lowest BCUT2D eigenvalue weighted by Crippen LogP contribution is -1.97. The van der Waals surface area contributed by atoms with Gasteiger partial charge in [-0.25, -0.2) is 9.07 Å². The van der Waals surface area contributed by atoms with Crippen LogP contribution in [0.4, 0.5) is 10.1 Å². The Morgan fingerprint density at radius 1 is 1.36 bits per heavy atom. The molecule has 0 saturated heterocycles. The summed E-state index contributed by atoms with van der Waals surface area (Å²) >= 11 is 0. The summed E-state index contributed by atoms with van der Waals surface area (Å²) in [6, 6.07) is 6.53. The van der Waals surface area contributed by atoms with Gasteiger partial charge in [0, 0.05) is 7.05 Å². The molecule has 0 unspecified atom stereocenters. The van der Waals surface area contributed by atoms with Crippen LogP contribution in [0.1, 0.15) is 0 Å². The van der Waals surface area contributed by atoms with Crippen LogP contribution in [0, 0.1) is 5.82 Å². The quantitative estimate of drug-likeness (QED) is 0.787. The van der Waals surface area contributed by atoms with Crippen molar-refractivity contribution in [1.29, 1.82) is 0 Å². The van der Waals surface area contributed by atoms with Gasteiger partial charge in [0.05, 0.1) is 18.1 Å². The van der Waals surface area contributed by atoms with Crippen molar-refractivity contribution in [3.63, 3.8) is 0 Å². The van der Waals surface area contributed by atoms with Crippen molar-refractivity contribution < 1.29 is 4.39 Å². The molecule has 0 aliphatic heterocycles. The van der Waals surface area contributed by atoms with Gasteiger partial charge in [0.25, 0.3) is 0 Å². The number of anilines is 1. The van der Waals surface area contributed by atoms with E-state index in [2.05, 4.69) is 10.4 Å². The summed E-state index contributed by atoms with van der Waals surface area (Å²) in [6.07, 6.45) is 3.38. The highest BCUT2D eigenvalue weighted by molar-refractivity contribution is 5.42. The van der Waals surface area contributed by atoms with Crippen LogP contribution in [0.25, 0.3) is 5.69 Å². The van der Waals surface area contributed by atoms with E-state index in [1.54, 1.807) is 37.6 Å². The molecule has 2 rings (SSSR count). The minimum absolute atomic E-state index is 0.279. The van der Waals surface area contributed by atoms with E-state index in [0.717, 1.165) is 5.69 Å². The maximum Gasteiger partial charge on any atom is 0.148 e. The first-order valence-electron chi connectivity index (χ1n) is 4.28. The first-order chi connectivity index (χ1) is 6.81. The average molecular weight is 191 g/mol. The fourth-order valence-electron chi connectivity index (χ4n) is 1.22. The van der Waals surface area contributed by atoms with E-state index in [1.807, 2.05) is 0 Å². The largest absolute Gasteiger partial charge is 0.386 e. The molecule has 1 aromatic carbocycles. The second kappa shape index (κ2) is 3.49. The molecular formula is C10H10FN3. The highest BCUT2D eigenvalue weighted by Gasteiger charge is 2.03. The van der Waals surface area contributed by atoms with Gasteiger partial charge in [0.1, 0.15) is 11.5 Å². The SMILES string of the molecule is CNc1cnn(-c2ccccc2F)c1. The second-order valence-electron chi connectivity index (χ2n) is 2.87. The Balaban J connectivity index is 2.44. The maximum atomic E-state index is 13.3. The van der Waals surface area contributed by atoms with E-state index in [1.165, 1.54) is 10.7 Å². The molecule has 0 aliphatic carbocycles. The van der Waals surface area contributed by atoms with E-state index < -0.39 is 0 Å². The van der Waals surface area contributed by atoms with E-state index >= 15 is 0 Å². The van der Waals surface area contributed by atoms with Crippen molar-refractivity contribution in [3.8, 4) is 5.69 Å². The number of para-hydroxylation sites is 1. The Morgan fingerprint density at radius 2 is 2.14 bits per heavy atom. The number of nitrogens with zero attached hydrogens (tertiary/aromatic N) is 2. The van der Waals surface area contributed by atoms with Gasteiger partial charge in [-0.3, -0.25) is 0 Å². The Labute approximate surface area is 81.2 Å². The molecule has 0 amide bonds. The maximum absolute atomic E-state index is 13.3. The Hall–Kier alpha value is -1.84. The fourth-order valence-corrected chi connectivity index (χ4v) is 1.22. The summed E-state index contributed by atoms with van der Waals surface area (Å²) in [7, 11) is 1.79. The molecule has 2 aromatic rings. The zero-order valence-corrected chi connectivity index (χ0v) is 7.74. The molecular weight excluding hydrogens is 181 g/mol. The normalized spacial score (nSPS) is 10.1. The molecule has 0 saturated carbocycles. The van der Waals surface area contributed by atoms with Crippen molar-refractivity contribution >= 4 is 5.69 Å². The lowest BCUT2D eigenvalue weighted by Gasteiger charge is -2.01. The van der Waals surface area contributed by atoms with Crippen molar-refractivity contribution in [2.75, 3.05) is 12.4 Å². The molecule has 1 heterocycles. The van der Waals surface area contributed by atoms with Crippen LogP contribution in [0.3, 0.4) is 0 Å². The summed E-state index contributed by atoms with van der Waals surface area (Å²) in [5.41, 5.74) is 1.31. The molecule has 72 valence electrons. The first kappa shape index (κ1) is 8.74. The van der Waals surface area contributed by atoms with Gasteiger partial charge in [-0.15, -0.1) is 0 Å². The molecule has 14 heavy (non-hydrogen) atoms. The van der Waals surface area contributed by atoms with Crippen molar-refractivity contribution in [1.82, 2.24) is 9.78 Å². The smallest absolute Gasteiger partial charge is 0.148 e. The van der Waals surface area contributed by atoms with Gasteiger partial charge < -0.3 is 5.32 Å². The van der Waals surface area contributed by atoms with Crippen molar-refractivity contribution in [3.05, 3.63) is 42.5 Å². The molecule has 1 N–H and O–H groups in total. The van der Waals surface area contributed by atoms with Gasteiger partial charge in [0.2, 0.25) is 0 Å². The highest BCUT2D eigenvalue weighted by Crippen LogP contribution is 2.13. The number of nitrogens with one attached hydrogen (secondary N) is 1. The van der Waals surface area contributed by atoms with Gasteiger partial charge in [0.15, 0.2) is 0 Å². The topological polar surface area (TPSA) is 29.9 Å². The lowest BCUT2D eigenvalue weighted by molar-refractivity contribution is 0.611. The number of rotatable bonds is 2. The molecule has 0 fully saturated rings. The predicted molar refractivity (Wildman–Crippen MR) is 53.1 cm³/mol. The summed E-state index contributed by atoms with van der Waals surface area (Å²) in [4.78, 5) is 0. The number of hydrogen-bond acceptors (Lipinski definition) is 2. The van der Waals surface area contributed by atoms with Crippen molar-refractivity contribution in [2.24, 2.45) is 0 Å². The lowest BCUT2D eigenvalue weighted by atomic mass is 10.3. The highest BCUT2D eigenvalue weighted by atomic mass is 19.1. The average Bonchev–Trinajstić information content (AvgIpc) is 2.67. The van der Waals surface area contributed by atoms with Crippen molar-refractivity contribution in [2.45, 2.75) is 0 Å². The Morgan fingerprint density at radius 3 is 2.79 bits per heavy atom. The third kappa shape index (κ3) is 1.46. The van der Waals surface area contributed by atoms with Crippen LogP contribution >= 0.6 is 0 Å². The molecule has 0 atom stereocenters. The standard InChI is InChI=1S/C10H10FN3/c1-12-8-6-13-14(7-8)10-5-3-2-4-9(10)11/h2-7,12H,1H3. The molecule has 1 aromatic heterocycles. The van der Waals surface area contributed by atoms with E-state index in [9.17, 15) is 4.39 Å². The van der Waals surface area contributed by atoms with Crippen LogP contribution in [-0.2, 0) is 0 Å². The summed E-state index contributed by atoms with van der Waals surface area (Å²) in [5, 5.41) is 6.96. The number of hydrogen-bond donors (Lipinski definition) is 1. The van der Waals surface area contributed by atoms with E-state index in [4.69, 9.17) is 0 Å². The minimum Gasteiger partial charge on any atom is -0.386 e. The summed E-state index contributed by atoms with van der Waals surface area (Å²) in [5.74, 6) is -0.279. The Kier molecular flexibility index (Phi) is 2.18. The molecule has 4 heteroatoms. The van der Waals surface area contributed by atoms with Gasteiger partial charge in [-0.05, 0) is 12.1 Å². The second-order valence-corrected chi connectivity index (χ2v) is 2.87. The van der Waals surface area contributed by atoms with Gasteiger partial charge in [-0.2, -0.15) is 5.10 Å². The van der Waals surface area contributed by atoms with Gasteiger partial charge in [-0.1, -0.05) is 12.1 Å². The van der Waals surface area contributed by atoms with Crippen LogP contribution in [0.5, 0.6) is 0 Å². The molecule has 0 aliphatic rings. The predicted octanol–water partition coefficient (Wildman–Crippen LogP) is 2.05. The van der Waals surface area contributed by atoms with Crippen LogP contribution in [0.15, 0.2) is 36.7 Å². The minimum atomic E-state index is -0.279. The summed E-state index contributed by atoms with van der Waals surface area (Å²) < 4.78 is 14.8. The fraction of sp³-hybridized carbons (Fsp3) is 0.100. The van der Waals surface area contributed by atoms with Gasteiger partial charge >= 0.3 is 0 Å². The third-order valence-electron chi connectivity index (χ3n) is 1.97.